The van der Waals surface area contributed by atoms with E-state index in [0.29, 0.717) is 12.1 Å². The largest absolute Gasteiger partial charge is 0.369 e. The van der Waals surface area contributed by atoms with Crippen molar-refractivity contribution in [3.8, 4) is 0 Å². The van der Waals surface area contributed by atoms with Gasteiger partial charge in [-0.05, 0) is 26.2 Å². The molecule has 1 aliphatic heterocycles. The third-order valence-electron chi connectivity index (χ3n) is 3.62. The summed E-state index contributed by atoms with van der Waals surface area (Å²) in [6.07, 6.45) is 6.81. The molecule has 2 atom stereocenters. The molecule has 1 saturated heterocycles. The van der Waals surface area contributed by atoms with Gasteiger partial charge in [0.1, 0.15) is 0 Å². The van der Waals surface area contributed by atoms with Crippen LogP contribution in [-0.4, -0.2) is 24.3 Å². The Balaban J connectivity index is 2.01. The minimum absolute atomic E-state index is 0.215. The van der Waals surface area contributed by atoms with E-state index in [-0.39, 0.29) is 5.60 Å². The van der Waals surface area contributed by atoms with E-state index in [0.717, 1.165) is 13.0 Å². The summed E-state index contributed by atoms with van der Waals surface area (Å²) in [5.41, 5.74) is 0.215. The minimum atomic E-state index is 0.215. The van der Waals surface area contributed by atoms with Gasteiger partial charge >= 0.3 is 0 Å². The Morgan fingerprint density at radius 2 is 2.08 bits per heavy atom. The minimum Gasteiger partial charge on any atom is -0.369 e. The number of rotatable bonds is 1. The fourth-order valence-corrected chi connectivity index (χ4v) is 2.69. The van der Waals surface area contributed by atoms with Gasteiger partial charge in [-0.2, -0.15) is 0 Å². The molecule has 1 heterocycles. The molecule has 1 N–H and O–H groups in total. The summed E-state index contributed by atoms with van der Waals surface area (Å²) in [6.45, 7) is 5.53. The maximum absolute atomic E-state index is 6.23. The summed E-state index contributed by atoms with van der Waals surface area (Å²) in [5.74, 6) is 0. The predicted molar refractivity (Wildman–Crippen MR) is 53.8 cm³/mol. The lowest BCUT2D eigenvalue weighted by atomic mass is 9.96. The van der Waals surface area contributed by atoms with Crippen LogP contribution in [0.3, 0.4) is 0 Å². The Kier molecular flexibility index (Phi) is 2.61. The molecule has 76 valence electrons. The first-order chi connectivity index (χ1) is 6.26. The van der Waals surface area contributed by atoms with Crippen LogP contribution in [0.2, 0.25) is 0 Å². The highest BCUT2D eigenvalue weighted by atomic mass is 16.5. The third kappa shape index (κ3) is 1.75. The first-order valence-electron chi connectivity index (χ1n) is 5.67. The molecule has 13 heavy (non-hydrogen) atoms. The van der Waals surface area contributed by atoms with E-state index >= 15 is 0 Å². The zero-order chi connectivity index (χ0) is 9.31. The van der Waals surface area contributed by atoms with Gasteiger partial charge < -0.3 is 10.1 Å². The molecule has 2 aliphatic rings. The van der Waals surface area contributed by atoms with E-state index in [1.54, 1.807) is 0 Å². The standard InChI is InChI=1S/C11H21NO/c1-3-10-9(2)12-8-11(13-10)6-4-5-7-11/h9-10,12H,3-8H2,1-2H3. The fourth-order valence-electron chi connectivity index (χ4n) is 2.69. The molecular formula is C11H21NO. The lowest BCUT2D eigenvalue weighted by Gasteiger charge is -2.42. The van der Waals surface area contributed by atoms with Crippen molar-refractivity contribution < 1.29 is 4.74 Å². The summed E-state index contributed by atoms with van der Waals surface area (Å²) in [5, 5.41) is 3.59. The van der Waals surface area contributed by atoms with E-state index < -0.39 is 0 Å². The number of hydrogen-bond acceptors (Lipinski definition) is 2. The summed E-state index contributed by atoms with van der Waals surface area (Å²) in [6, 6.07) is 0.538. The van der Waals surface area contributed by atoms with Crippen molar-refractivity contribution in [2.45, 2.75) is 63.7 Å². The molecule has 2 unspecified atom stereocenters. The van der Waals surface area contributed by atoms with Crippen LogP contribution in [0.4, 0.5) is 0 Å². The average Bonchev–Trinajstić information content (AvgIpc) is 2.59. The lowest BCUT2D eigenvalue weighted by Crippen LogP contribution is -2.56. The van der Waals surface area contributed by atoms with Gasteiger partial charge in [-0.15, -0.1) is 0 Å². The molecule has 0 bridgehead atoms. The Morgan fingerprint density at radius 3 is 2.69 bits per heavy atom. The van der Waals surface area contributed by atoms with Crippen LogP contribution in [0.15, 0.2) is 0 Å². The number of hydrogen-bond donors (Lipinski definition) is 1. The molecule has 1 spiro atoms. The van der Waals surface area contributed by atoms with Crippen molar-refractivity contribution in [2.24, 2.45) is 0 Å². The molecule has 0 aromatic rings. The second-order valence-corrected chi connectivity index (χ2v) is 4.62. The Bertz CT molecular complexity index is 175. The quantitative estimate of drug-likeness (QED) is 0.672. The van der Waals surface area contributed by atoms with E-state index in [9.17, 15) is 0 Å². The van der Waals surface area contributed by atoms with Gasteiger partial charge in [0, 0.05) is 12.6 Å². The highest BCUT2D eigenvalue weighted by Crippen LogP contribution is 2.36. The molecule has 2 rings (SSSR count). The summed E-state index contributed by atoms with van der Waals surface area (Å²) in [4.78, 5) is 0. The van der Waals surface area contributed by atoms with Gasteiger partial charge in [-0.25, -0.2) is 0 Å². The molecule has 2 fully saturated rings. The van der Waals surface area contributed by atoms with Crippen LogP contribution in [0, 0.1) is 0 Å². The van der Waals surface area contributed by atoms with Gasteiger partial charge in [0.05, 0.1) is 11.7 Å². The SMILES string of the molecule is CCC1OC2(CCCC2)CNC1C. The first-order valence-corrected chi connectivity index (χ1v) is 5.67. The second kappa shape index (κ2) is 3.58. The topological polar surface area (TPSA) is 21.3 Å². The molecular weight excluding hydrogens is 162 g/mol. The van der Waals surface area contributed by atoms with Crippen LogP contribution < -0.4 is 5.32 Å². The van der Waals surface area contributed by atoms with E-state index in [2.05, 4.69) is 19.2 Å². The van der Waals surface area contributed by atoms with Gasteiger partial charge in [-0.1, -0.05) is 19.8 Å². The van der Waals surface area contributed by atoms with Gasteiger partial charge in [-0.3, -0.25) is 0 Å². The molecule has 2 heteroatoms. The Hall–Kier alpha value is -0.0800. The summed E-state index contributed by atoms with van der Waals surface area (Å²) in [7, 11) is 0. The Labute approximate surface area is 81.0 Å². The number of nitrogens with one attached hydrogen (secondary N) is 1. The van der Waals surface area contributed by atoms with Crippen LogP contribution in [-0.2, 0) is 4.74 Å². The van der Waals surface area contributed by atoms with E-state index in [1.165, 1.54) is 25.7 Å². The van der Waals surface area contributed by atoms with Crippen molar-refractivity contribution in [3.63, 3.8) is 0 Å². The Morgan fingerprint density at radius 1 is 1.38 bits per heavy atom. The molecule has 0 aromatic carbocycles. The van der Waals surface area contributed by atoms with Crippen molar-refractivity contribution in [1.82, 2.24) is 5.32 Å². The van der Waals surface area contributed by atoms with E-state index in [1.807, 2.05) is 0 Å². The lowest BCUT2D eigenvalue weighted by molar-refractivity contribution is -0.129. The third-order valence-corrected chi connectivity index (χ3v) is 3.62. The molecule has 1 saturated carbocycles. The normalized spacial score (nSPS) is 38.3. The maximum atomic E-state index is 6.23. The predicted octanol–water partition coefficient (Wildman–Crippen LogP) is 2.09. The van der Waals surface area contributed by atoms with Crippen molar-refractivity contribution >= 4 is 0 Å². The van der Waals surface area contributed by atoms with Crippen LogP contribution in [0.1, 0.15) is 46.0 Å². The van der Waals surface area contributed by atoms with Gasteiger partial charge in [0.2, 0.25) is 0 Å². The van der Waals surface area contributed by atoms with E-state index in [4.69, 9.17) is 4.74 Å². The number of ether oxygens (including phenoxy) is 1. The molecule has 0 radical (unpaired) electrons. The molecule has 0 amide bonds. The fraction of sp³-hybridized carbons (Fsp3) is 1.00. The highest BCUT2D eigenvalue weighted by Gasteiger charge is 2.41. The van der Waals surface area contributed by atoms with Crippen LogP contribution in [0.5, 0.6) is 0 Å². The van der Waals surface area contributed by atoms with Gasteiger partial charge in [0.15, 0.2) is 0 Å². The van der Waals surface area contributed by atoms with Crippen molar-refractivity contribution in [3.05, 3.63) is 0 Å². The molecule has 2 nitrogen and oxygen atoms in total. The zero-order valence-corrected chi connectivity index (χ0v) is 8.81. The first kappa shape index (κ1) is 9.47. The monoisotopic (exact) mass is 183 g/mol. The molecule has 0 aromatic heterocycles. The summed E-state index contributed by atoms with van der Waals surface area (Å²) < 4.78 is 6.23. The van der Waals surface area contributed by atoms with Crippen molar-refractivity contribution in [1.29, 1.82) is 0 Å². The summed E-state index contributed by atoms with van der Waals surface area (Å²) >= 11 is 0. The van der Waals surface area contributed by atoms with Crippen LogP contribution in [0.25, 0.3) is 0 Å². The second-order valence-electron chi connectivity index (χ2n) is 4.62. The van der Waals surface area contributed by atoms with Gasteiger partial charge in [0.25, 0.3) is 0 Å². The zero-order valence-electron chi connectivity index (χ0n) is 8.81. The molecule has 1 aliphatic carbocycles. The van der Waals surface area contributed by atoms with Crippen molar-refractivity contribution in [2.75, 3.05) is 6.54 Å². The maximum Gasteiger partial charge on any atom is 0.0810 e. The number of morpholine rings is 1. The highest BCUT2D eigenvalue weighted by molar-refractivity contribution is 4.95. The van der Waals surface area contributed by atoms with Crippen LogP contribution >= 0.6 is 0 Å². The smallest absolute Gasteiger partial charge is 0.0810 e. The average molecular weight is 183 g/mol.